The molecule has 0 fully saturated rings. The molecule has 1 rings (SSSR count). The summed E-state index contributed by atoms with van der Waals surface area (Å²) in [6.07, 6.45) is 8.77. The molecule has 0 aliphatic heterocycles. The van der Waals surface area contributed by atoms with Gasteiger partial charge in [-0.1, -0.05) is 80.3 Å². The monoisotopic (exact) mass is 236 g/mol. The highest BCUT2D eigenvalue weighted by Gasteiger charge is 2.39. The van der Waals surface area contributed by atoms with Crippen LogP contribution in [-0.4, -0.2) is 16.0 Å². The molecule has 0 heterocycles. The maximum absolute atomic E-state index is 4.22. The summed E-state index contributed by atoms with van der Waals surface area (Å²) < 4.78 is 0. The van der Waals surface area contributed by atoms with Crippen LogP contribution in [0.15, 0.2) is 36.5 Å². The smallest absolute Gasteiger partial charge is 0.0227 e. The zero-order chi connectivity index (χ0) is 12.6. The largest absolute Gasteiger partial charge is 0.0949 e. The maximum Gasteiger partial charge on any atom is 0.0227 e. The number of hydrogen-bond donors (Lipinski definition) is 0. The normalized spacial score (nSPS) is 21.9. The number of rotatable bonds is 1. The van der Waals surface area contributed by atoms with Crippen molar-refractivity contribution in [3.8, 4) is 0 Å². The van der Waals surface area contributed by atoms with Gasteiger partial charge in [-0.2, -0.15) is 0 Å². The fourth-order valence-corrected chi connectivity index (χ4v) is 7.03. The fourth-order valence-electron chi connectivity index (χ4n) is 2.66. The quantitative estimate of drug-likeness (QED) is 0.554. The van der Waals surface area contributed by atoms with Crippen molar-refractivity contribution in [2.24, 2.45) is 0 Å². The third-order valence-electron chi connectivity index (χ3n) is 2.82. The molecule has 90 valence electrons. The van der Waals surface area contributed by atoms with E-state index in [-0.39, 0.29) is 7.92 Å². The zero-order valence-corrected chi connectivity index (χ0v) is 12.4. The molecule has 0 saturated heterocycles. The average Bonchev–Trinajstić information content (AvgIpc) is 2.03. The van der Waals surface area contributed by atoms with Gasteiger partial charge >= 0.3 is 0 Å². The molecular formula is C15H25P. The minimum atomic E-state index is -0.138. The second-order valence-corrected chi connectivity index (χ2v) is 10.5. The molecule has 1 aliphatic rings. The Balaban J connectivity index is 3.08. The summed E-state index contributed by atoms with van der Waals surface area (Å²) in [7, 11) is -0.138. The van der Waals surface area contributed by atoms with Crippen LogP contribution in [0.5, 0.6) is 0 Å². The lowest BCUT2D eigenvalue weighted by Crippen LogP contribution is -2.31. The molecule has 0 aromatic carbocycles. The van der Waals surface area contributed by atoms with Crippen LogP contribution in [0.3, 0.4) is 0 Å². The van der Waals surface area contributed by atoms with Gasteiger partial charge in [0, 0.05) is 5.66 Å². The van der Waals surface area contributed by atoms with Gasteiger partial charge in [-0.3, -0.25) is 0 Å². The Morgan fingerprint density at radius 1 is 1.00 bits per heavy atom. The van der Waals surface area contributed by atoms with Crippen molar-refractivity contribution in [2.45, 2.75) is 57.5 Å². The topological polar surface area (TPSA) is 0 Å². The van der Waals surface area contributed by atoms with Crippen LogP contribution < -0.4 is 0 Å². The molecule has 0 aromatic rings. The Hall–Kier alpha value is -0.350. The van der Waals surface area contributed by atoms with Gasteiger partial charge in [0.2, 0.25) is 0 Å². The number of hydrogen-bond acceptors (Lipinski definition) is 0. The first kappa shape index (κ1) is 13.7. The van der Waals surface area contributed by atoms with Crippen molar-refractivity contribution in [3.63, 3.8) is 0 Å². The summed E-state index contributed by atoms with van der Waals surface area (Å²) in [6, 6.07) is 0. The summed E-state index contributed by atoms with van der Waals surface area (Å²) in [4.78, 5) is 0. The molecule has 0 spiro atoms. The summed E-state index contributed by atoms with van der Waals surface area (Å²) in [5.74, 6) is 0. The van der Waals surface area contributed by atoms with E-state index in [9.17, 15) is 0 Å². The lowest BCUT2D eigenvalue weighted by Gasteiger charge is -2.46. The van der Waals surface area contributed by atoms with E-state index < -0.39 is 0 Å². The molecule has 0 aromatic heterocycles. The SMILES string of the molecule is C=C1C=CC=CC1P(C(C)(C)C)C(C)(C)C. The molecule has 1 heteroatoms. The van der Waals surface area contributed by atoms with E-state index in [1.54, 1.807) is 0 Å². The second kappa shape index (κ2) is 4.49. The molecule has 1 atom stereocenters. The first-order valence-electron chi connectivity index (χ1n) is 5.97. The summed E-state index contributed by atoms with van der Waals surface area (Å²) >= 11 is 0. The van der Waals surface area contributed by atoms with E-state index in [4.69, 9.17) is 0 Å². The van der Waals surface area contributed by atoms with E-state index in [0.717, 1.165) is 0 Å². The highest BCUT2D eigenvalue weighted by molar-refractivity contribution is 7.62. The maximum atomic E-state index is 4.22. The van der Waals surface area contributed by atoms with E-state index >= 15 is 0 Å². The van der Waals surface area contributed by atoms with Gasteiger partial charge in [0.1, 0.15) is 0 Å². The standard InChI is InChI=1S/C15H25P/c1-12-10-8-9-11-13(12)16(14(2,3)4)15(5,6)7/h8-11,13H,1H2,2-7H3. The summed E-state index contributed by atoms with van der Waals surface area (Å²) in [6.45, 7) is 18.4. The van der Waals surface area contributed by atoms with Gasteiger partial charge in [0.25, 0.3) is 0 Å². The Morgan fingerprint density at radius 2 is 1.50 bits per heavy atom. The molecule has 1 unspecified atom stereocenters. The van der Waals surface area contributed by atoms with Crippen LogP contribution in [-0.2, 0) is 0 Å². The van der Waals surface area contributed by atoms with Gasteiger partial charge in [0.15, 0.2) is 0 Å². The molecule has 0 nitrogen and oxygen atoms in total. The van der Waals surface area contributed by atoms with Crippen molar-refractivity contribution in [1.29, 1.82) is 0 Å². The Labute approximate surface area is 102 Å². The van der Waals surface area contributed by atoms with Gasteiger partial charge < -0.3 is 0 Å². The predicted octanol–water partition coefficient (Wildman–Crippen LogP) is 5.12. The van der Waals surface area contributed by atoms with E-state index in [1.807, 2.05) is 0 Å². The molecular weight excluding hydrogens is 211 g/mol. The molecule has 0 saturated carbocycles. The van der Waals surface area contributed by atoms with Crippen molar-refractivity contribution in [2.75, 3.05) is 0 Å². The van der Waals surface area contributed by atoms with Crippen LogP contribution in [0.2, 0.25) is 0 Å². The first-order chi connectivity index (χ1) is 7.14. The molecule has 0 N–H and O–H groups in total. The van der Waals surface area contributed by atoms with Crippen molar-refractivity contribution in [1.82, 2.24) is 0 Å². The third-order valence-corrected chi connectivity index (χ3v) is 6.77. The van der Waals surface area contributed by atoms with Crippen molar-refractivity contribution in [3.05, 3.63) is 36.5 Å². The minimum Gasteiger partial charge on any atom is -0.0949 e. The summed E-state index contributed by atoms with van der Waals surface area (Å²) in [5.41, 5.74) is 1.82. The van der Waals surface area contributed by atoms with Crippen LogP contribution in [0.1, 0.15) is 41.5 Å². The lowest BCUT2D eigenvalue weighted by molar-refractivity contribution is 0.699. The summed E-state index contributed by atoms with van der Waals surface area (Å²) in [5, 5.41) is 0.716. The molecule has 1 aliphatic carbocycles. The number of allylic oxidation sites excluding steroid dienone is 5. The highest BCUT2D eigenvalue weighted by atomic mass is 31.1. The molecule has 0 radical (unpaired) electrons. The zero-order valence-electron chi connectivity index (χ0n) is 11.5. The first-order valence-corrected chi connectivity index (χ1v) is 7.38. The van der Waals surface area contributed by atoms with Crippen LogP contribution in [0.4, 0.5) is 0 Å². The molecule has 16 heavy (non-hydrogen) atoms. The van der Waals surface area contributed by atoms with Gasteiger partial charge in [-0.05, 0) is 15.9 Å². The fraction of sp³-hybridized carbons (Fsp3) is 0.600. The van der Waals surface area contributed by atoms with Gasteiger partial charge in [-0.25, -0.2) is 0 Å². The second-order valence-electron chi connectivity index (χ2n) is 6.48. The highest BCUT2D eigenvalue weighted by Crippen LogP contribution is 2.64. The minimum absolute atomic E-state index is 0.138. The average molecular weight is 236 g/mol. The Bertz CT molecular complexity index is 306. The van der Waals surface area contributed by atoms with Gasteiger partial charge in [0.05, 0.1) is 0 Å². The Kier molecular flexibility index (Phi) is 3.85. The van der Waals surface area contributed by atoms with Crippen molar-refractivity contribution >= 4 is 7.92 Å². The van der Waals surface area contributed by atoms with E-state index in [1.165, 1.54) is 5.57 Å². The van der Waals surface area contributed by atoms with Crippen LogP contribution in [0, 0.1) is 0 Å². The molecule has 0 bridgehead atoms. The van der Waals surface area contributed by atoms with Crippen LogP contribution >= 0.6 is 7.92 Å². The van der Waals surface area contributed by atoms with E-state index in [2.05, 4.69) is 72.4 Å². The lowest BCUT2D eigenvalue weighted by atomic mass is 10.1. The molecule has 0 amide bonds. The Morgan fingerprint density at radius 3 is 1.88 bits per heavy atom. The third kappa shape index (κ3) is 3.08. The van der Waals surface area contributed by atoms with Gasteiger partial charge in [-0.15, -0.1) is 0 Å². The van der Waals surface area contributed by atoms with Crippen molar-refractivity contribution < 1.29 is 0 Å². The van der Waals surface area contributed by atoms with E-state index in [0.29, 0.717) is 16.0 Å². The predicted molar refractivity (Wildman–Crippen MR) is 77.6 cm³/mol. The van der Waals surface area contributed by atoms with Crippen LogP contribution in [0.25, 0.3) is 0 Å².